The van der Waals surface area contributed by atoms with Crippen LogP contribution in [-0.2, 0) is 29.7 Å². The molecule has 1 aliphatic heterocycles. The van der Waals surface area contributed by atoms with Crippen LogP contribution in [0, 0.1) is 0 Å². The Bertz CT molecular complexity index is 1440. The maximum Gasteiger partial charge on any atom is 0.408 e. The number of carbonyl (C=O) groups excluding carboxylic acids is 2. The van der Waals surface area contributed by atoms with Crippen LogP contribution in [0.5, 0.6) is 0 Å². The molecule has 1 aromatic heterocycles. The first kappa shape index (κ1) is 27.4. The number of benzene rings is 2. The summed E-state index contributed by atoms with van der Waals surface area (Å²) in [5.41, 5.74) is 1.70. The number of carboxylic acid groups (broad SMARTS) is 1. The first-order chi connectivity index (χ1) is 18.8. The van der Waals surface area contributed by atoms with Gasteiger partial charge in [-0.3, -0.25) is 20.2 Å². The quantitative estimate of drug-likeness (QED) is 0.220. The minimum atomic E-state index is -1.46. The van der Waals surface area contributed by atoms with Gasteiger partial charge in [0, 0.05) is 38.3 Å². The van der Waals surface area contributed by atoms with Gasteiger partial charge in [-0.25, -0.2) is 9.59 Å². The third-order valence-corrected chi connectivity index (χ3v) is 6.10. The van der Waals surface area contributed by atoms with E-state index in [9.17, 15) is 24.3 Å². The predicted molar refractivity (Wildman–Crippen MR) is 144 cm³/mol. The van der Waals surface area contributed by atoms with Crippen LogP contribution in [0.15, 0.2) is 71.8 Å². The molecule has 204 valence electrons. The molecule has 2 unspecified atom stereocenters. The number of ether oxygens (including phenoxy) is 1. The average Bonchev–Trinajstić information content (AvgIpc) is 2.95. The standard InChI is InChI=1S/C27H30N6O6/c1-33-15-20(23(34)19-9-8-18(12-22(19)33)13-31-26-28-10-5-11-29-26)24(35)30-14-21(25(36)37)32-27(38)39-16-17-6-3-2-4-7-17/h2-10,12,15,21,26,28-29,31H,11,13-14,16H2,1H3,(H,30,35)(H,32,38)(H,36,37). The van der Waals surface area contributed by atoms with Crippen molar-refractivity contribution in [3.05, 3.63) is 93.9 Å². The van der Waals surface area contributed by atoms with Gasteiger partial charge in [0.1, 0.15) is 24.5 Å². The van der Waals surface area contributed by atoms with E-state index in [2.05, 4.69) is 26.6 Å². The number of aliphatic carboxylic acids is 1. The van der Waals surface area contributed by atoms with E-state index in [-0.39, 0.29) is 18.5 Å². The van der Waals surface area contributed by atoms with E-state index in [1.807, 2.05) is 30.5 Å². The molecule has 2 amide bonds. The molecule has 4 rings (SSSR count). The van der Waals surface area contributed by atoms with Gasteiger partial charge in [0.05, 0.1) is 5.52 Å². The highest BCUT2D eigenvalue weighted by atomic mass is 16.5. The number of pyridine rings is 1. The Labute approximate surface area is 224 Å². The molecule has 39 heavy (non-hydrogen) atoms. The molecule has 3 aromatic rings. The van der Waals surface area contributed by atoms with Gasteiger partial charge in [0.25, 0.3) is 5.91 Å². The molecule has 0 radical (unpaired) electrons. The van der Waals surface area contributed by atoms with Crippen molar-refractivity contribution in [3.8, 4) is 0 Å². The van der Waals surface area contributed by atoms with Crippen molar-refractivity contribution in [3.63, 3.8) is 0 Å². The lowest BCUT2D eigenvalue weighted by Gasteiger charge is -2.23. The van der Waals surface area contributed by atoms with Crippen LogP contribution < -0.4 is 32.0 Å². The zero-order valence-electron chi connectivity index (χ0n) is 21.3. The lowest BCUT2D eigenvalue weighted by atomic mass is 10.1. The summed E-state index contributed by atoms with van der Waals surface area (Å²) in [7, 11) is 1.72. The highest BCUT2D eigenvalue weighted by Crippen LogP contribution is 2.14. The Balaban J connectivity index is 1.38. The van der Waals surface area contributed by atoms with Gasteiger partial charge in [0.2, 0.25) is 5.43 Å². The molecule has 0 bridgehead atoms. The number of carboxylic acids is 1. The fourth-order valence-electron chi connectivity index (χ4n) is 4.02. The normalized spacial score (nSPS) is 15.3. The number of nitrogens with one attached hydrogen (secondary N) is 5. The lowest BCUT2D eigenvalue weighted by Crippen LogP contribution is -2.52. The van der Waals surface area contributed by atoms with Crippen molar-refractivity contribution < 1.29 is 24.2 Å². The second-order valence-corrected chi connectivity index (χ2v) is 8.93. The van der Waals surface area contributed by atoms with Crippen molar-refractivity contribution >= 4 is 28.9 Å². The molecular weight excluding hydrogens is 504 g/mol. The topological polar surface area (TPSA) is 163 Å². The Hall–Kier alpha value is -4.68. The van der Waals surface area contributed by atoms with Crippen LogP contribution in [0.3, 0.4) is 0 Å². The van der Waals surface area contributed by atoms with Gasteiger partial charge in [-0.2, -0.15) is 0 Å². The Morgan fingerprint density at radius 2 is 1.95 bits per heavy atom. The van der Waals surface area contributed by atoms with Crippen LogP contribution in [0.1, 0.15) is 21.5 Å². The SMILES string of the molecule is Cn1cc(C(=O)NCC(NC(=O)OCc2ccccc2)C(=O)O)c(=O)c2ccc(CNC3NC=CCN3)cc21. The molecule has 12 nitrogen and oxygen atoms in total. The van der Waals surface area contributed by atoms with Crippen molar-refractivity contribution in [2.75, 3.05) is 13.1 Å². The average molecular weight is 535 g/mol. The molecule has 0 saturated carbocycles. The molecule has 12 heteroatoms. The molecule has 2 aromatic carbocycles. The monoisotopic (exact) mass is 534 g/mol. The van der Waals surface area contributed by atoms with E-state index < -0.39 is 36.0 Å². The summed E-state index contributed by atoms with van der Waals surface area (Å²) in [4.78, 5) is 49.6. The van der Waals surface area contributed by atoms with Crippen LogP contribution >= 0.6 is 0 Å². The first-order valence-electron chi connectivity index (χ1n) is 12.3. The van der Waals surface area contributed by atoms with Gasteiger partial charge in [-0.1, -0.05) is 42.5 Å². The molecule has 1 aliphatic rings. The molecule has 0 spiro atoms. The number of nitrogens with zero attached hydrogens (tertiary/aromatic N) is 1. The third-order valence-electron chi connectivity index (χ3n) is 6.10. The summed E-state index contributed by atoms with van der Waals surface area (Å²) in [5.74, 6) is -2.12. The molecule has 0 fully saturated rings. The highest BCUT2D eigenvalue weighted by Gasteiger charge is 2.23. The molecule has 0 aliphatic carbocycles. The molecule has 2 atom stereocenters. The Morgan fingerprint density at radius 1 is 1.15 bits per heavy atom. The molecule has 0 saturated heterocycles. The summed E-state index contributed by atoms with van der Waals surface area (Å²) in [6.07, 6.45) is 4.23. The number of fused-ring (bicyclic) bond motifs is 1. The van der Waals surface area contributed by atoms with E-state index in [1.165, 1.54) is 6.20 Å². The van der Waals surface area contributed by atoms with E-state index in [1.54, 1.807) is 41.9 Å². The second-order valence-electron chi connectivity index (χ2n) is 8.93. The van der Waals surface area contributed by atoms with Gasteiger partial charge in [0.15, 0.2) is 0 Å². The van der Waals surface area contributed by atoms with Crippen molar-refractivity contribution in [1.29, 1.82) is 0 Å². The number of rotatable bonds is 10. The van der Waals surface area contributed by atoms with Crippen molar-refractivity contribution in [2.45, 2.75) is 25.5 Å². The van der Waals surface area contributed by atoms with Crippen LogP contribution in [0.4, 0.5) is 4.79 Å². The predicted octanol–water partition coefficient (Wildman–Crippen LogP) is 0.728. The van der Waals surface area contributed by atoms with E-state index in [4.69, 9.17) is 4.74 Å². The summed E-state index contributed by atoms with van der Waals surface area (Å²) in [6, 6.07) is 12.8. The van der Waals surface area contributed by atoms with Crippen LogP contribution in [0.2, 0.25) is 0 Å². The number of carbonyl (C=O) groups is 3. The highest BCUT2D eigenvalue weighted by molar-refractivity contribution is 5.97. The zero-order chi connectivity index (χ0) is 27.8. The van der Waals surface area contributed by atoms with Crippen molar-refractivity contribution in [1.82, 2.24) is 31.2 Å². The largest absolute Gasteiger partial charge is 0.480 e. The molecule has 6 N–H and O–H groups in total. The number of hydrogen-bond acceptors (Lipinski definition) is 8. The maximum atomic E-state index is 13.1. The molecular formula is C27H30N6O6. The fourth-order valence-corrected chi connectivity index (χ4v) is 4.02. The van der Waals surface area contributed by atoms with Crippen LogP contribution in [0.25, 0.3) is 10.9 Å². The van der Waals surface area contributed by atoms with Crippen LogP contribution in [-0.4, -0.2) is 53.1 Å². The second kappa shape index (κ2) is 12.7. The van der Waals surface area contributed by atoms with Gasteiger partial charge >= 0.3 is 12.1 Å². The lowest BCUT2D eigenvalue weighted by molar-refractivity contribution is -0.139. The summed E-state index contributed by atoms with van der Waals surface area (Å²) in [5, 5.41) is 24.2. The summed E-state index contributed by atoms with van der Waals surface area (Å²) < 4.78 is 6.72. The number of amides is 2. The zero-order valence-corrected chi connectivity index (χ0v) is 21.3. The Kier molecular flexibility index (Phi) is 8.92. The van der Waals surface area contributed by atoms with E-state index >= 15 is 0 Å². The fraction of sp³-hybridized carbons (Fsp3) is 0.259. The van der Waals surface area contributed by atoms with Gasteiger partial charge in [-0.15, -0.1) is 0 Å². The maximum absolute atomic E-state index is 13.1. The Morgan fingerprint density at radius 3 is 2.67 bits per heavy atom. The van der Waals surface area contributed by atoms with Crippen molar-refractivity contribution in [2.24, 2.45) is 7.05 Å². The minimum absolute atomic E-state index is 0.0397. The van der Waals surface area contributed by atoms with E-state index in [0.717, 1.165) is 17.7 Å². The minimum Gasteiger partial charge on any atom is -0.480 e. The smallest absolute Gasteiger partial charge is 0.408 e. The number of aryl methyl sites for hydroxylation is 1. The van der Waals surface area contributed by atoms with E-state index in [0.29, 0.717) is 17.4 Å². The third kappa shape index (κ3) is 7.21. The van der Waals surface area contributed by atoms with Gasteiger partial charge < -0.3 is 30.4 Å². The number of aromatic nitrogens is 1. The molecule has 2 heterocycles. The first-order valence-corrected chi connectivity index (χ1v) is 12.3. The number of alkyl carbamates (subject to hydrolysis) is 1. The number of hydrogen-bond donors (Lipinski definition) is 6. The van der Waals surface area contributed by atoms with Gasteiger partial charge in [-0.05, 0) is 29.5 Å². The summed E-state index contributed by atoms with van der Waals surface area (Å²) in [6.45, 7) is 0.812. The summed E-state index contributed by atoms with van der Waals surface area (Å²) >= 11 is 0.